The smallest absolute Gasteiger partial charge is 0.310 e. The Bertz CT molecular complexity index is 1060. The van der Waals surface area contributed by atoms with Crippen molar-refractivity contribution in [3.05, 3.63) is 77.8 Å². The summed E-state index contributed by atoms with van der Waals surface area (Å²) in [6.45, 7) is 0.353. The second-order valence-electron chi connectivity index (χ2n) is 5.64. The lowest BCUT2D eigenvalue weighted by Crippen LogP contribution is -2.13. The molecular weight excluding hydrogens is 447 g/mol. The van der Waals surface area contributed by atoms with Crippen LogP contribution in [0.5, 0.6) is 5.88 Å². The van der Waals surface area contributed by atoms with Gasteiger partial charge in [-0.25, -0.2) is 0 Å². The number of fused-ring (bicyclic) bond motifs is 1. The minimum absolute atomic E-state index is 0.00108. The summed E-state index contributed by atoms with van der Waals surface area (Å²) in [5.41, 5.74) is 3.78. The van der Waals surface area contributed by atoms with E-state index in [0.717, 1.165) is 37.3 Å². The Hall–Kier alpha value is -2.19. The van der Waals surface area contributed by atoms with Gasteiger partial charge >= 0.3 is 4.87 Å². The van der Waals surface area contributed by atoms with Gasteiger partial charge in [-0.1, -0.05) is 41.7 Å². The van der Waals surface area contributed by atoms with Gasteiger partial charge in [-0.05, 0) is 52.4 Å². The van der Waals surface area contributed by atoms with E-state index in [1.165, 1.54) is 4.57 Å². The van der Waals surface area contributed by atoms with E-state index in [2.05, 4.69) is 27.6 Å². The molecule has 0 bridgehead atoms. The molecule has 2 aromatic carbocycles. The van der Waals surface area contributed by atoms with Gasteiger partial charge in [-0.3, -0.25) is 14.4 Å². The quantitative estimate of drug-likeness (QED) is 0.585. The Morgan fingerprint density at radius 2 is 1.92 bits per heavy atom. The van der Waals surface area contributed by atoms with Crippen molar-refractivity contribution in [3.8, 4) is 5.88 Å². The second-order valence-corrected chi connectivity index (χ2v) is 7.88. The van der Waals surface area contributed by atoms with E-state index in [1.807, 2.05) is 54.6 Å². The van der Waals surface area contributed by atoms with Crippen LogP contribution in [0.2, 0.25) is 0 Å². The van der Waals surface area contributed by atoms with Gasteiger partial charge in [0.2, 0.25) is 5.88 Å². The van der Waals surface area contributed by atoms with Crippen LogP contribution < -0.4 is 4.87 Å². The molecule has 0 amide bonds. The molecule has 0 fully saturated rings. The number of aromatic nitrogens is 1. The molecule has 0 unspecified atom stereocenters. The van der Waals surface area contributed by atoms with Crippen molar-refractivity contribution in [1.29, 1.82) is 0 Å². The van der Waals surface area contributed by atoms with Gasteiger partial charge in [0, 0.05) is 20.9 Å². The number of rotatable bonds is 3. The Kier molecular flexibility index (Phi) is 4.30. The number of thiazole rings is 1. The molecule has 3 aromatic rings. The predicted octanol–water partition coefficient (Wildman–Crippen LogP) is 4.52. The summed E-state index contributed by atoms with van der Waals surface area (Å²) in [6.07, 6.45) is 3.58. The zero-order chi connectivity index (χ0) is 17.4. The number of hydrogen-bond donors (Lipinski definition) is 1. The van der Waals surface area contributed by atoms with Gasteiger partial charge in [-0.15, -0.1) is 0 Å². The van der Waals surface area contributed by atoms with E-state index in [0.29, 0.717) is 11.4 Å². The lowest BCUT2D eigenvalue weighted by atomic mass is 10.1. The maximum Gasteiger partial charge on any atom is 0.310 e. The molecule has 1 aliphatic heterocycles. The van der Waals surface area contributed by atoms with Gasteiger partial charge in [0.15, 0.2) is 0 Å². The van der Waals surface area contributed by atoms with E-state index >= 15 is 0 Å². The van der Waals surface area contributed by atoms with Gasteiger partial charge in [0.05, 0.1) is 17.1 Å². The molecule has 0 saturated carbocycles. The number of nitrogens with zero attached hydrogens (tertiary/aromatic N) is 2. The monoisotopic (exact) mass is 460 g/mol. The fraction of sp³-hybridized carbons (Fsp3) is 0.0526. The molecule has 4 rings (SSSR count). The van der Waals surface area contributed by atoms with Crippen LogP contribution in [0.3, 0.4) is 0 Å². The van der Waals surface area contributed by atoms with Crippen LogP contribution >= 0.6 is 33.9 Å². The second kappa shape index (κ2) is 6.61. The summed E-state index contributed by atoms with van der Waals surface area (Å²) in [5, 5.41) is 10.5. The number of aliphatic imine (C=N–C) groups is 1. The molecule has 0 aliphatic carbocycles. The van der Waals surface area contributed by atoms with Crippen LogP contribution in [0, 0.1) is 3.57 Å². The van der Waals surface area contributed by atoms with Crippen LogP contribution in [-0.2, 0) is 6.54 Å². The highest BCUT2D eigenvalue weighted by Gasteiger charge is 2.16. The average molecular weight is 460 g/mol. The van der Waals surface area contributed by atoms with Crippen molar-refractivity contribution in [2.75, 3.05) is 0 Å². The first-order chi connectivity index (χ1) is 12.1. The van der Waals surface area contributed by atoms with E-state index in [-0.39, 0.29) is 10.8 Å². The Balaban J connectivity index is 1.69. The first-order valence-corrected chi connectivity index (χ1v) is 9.53. The molecule has 0 radical (unpaired) electrons. The normalized spacial score (nSPS) is 14.2. The molecule has 1 N–H and O–H groups in total. The topological polar surface area (TPSA) is 54.6 Å². The Morgan fingerprint density at radius 3 is 2.72 bits per heavy atom. The minimum Gasteiger partial charge on any atom is -0.493 e. The molecule has 1 aromatic heterocycles. The fourth-order valence-electron chi connectivity index (χ4n) is 2.72. The summed E-state index contributed by atoms with van der Waals surface area (Å²) in [6, 6.07) is 15.7. The van der Waals surface area contributed by atoms with Crippen LogP contribution in [0.1, 0.15) is 16.0 Å². The average Bonchev–Trinajstić information content (AvgIpc) is 3.14. The number of allylic oxidation sites excluding steroid dienone is 1. The Labute approximate surface area is 161 Å². The molecule has 6 heteroatoms. The number of aromatic hydroxyl groups is 1. The van der Waals surface area contributed by atoms with Crippen molar-refractivity contribution in [3.63, 3.8) is 0 Å². The van der Waals surface area contributed by atoms with Gasteiger partial charge < -0.3 is 5.11 Å². The number of halogens is 1. The van der Waals surface area contributed by atoms with Crippen molar-refractivity contribution < 1.29 is 5.11 Å². The minimum atomic E-state index is -0.175. The highest BCUT2D eigenvalue weighted by molar-refractivity contribution is 14.1. The van der Waals surface area contributed by atoms with Crippen molar-refractivity contribution >= 4 is 57.5 Å². The highest BCUT2D eigenvalue weighted by Crippen LogP contribution is 2.34. The molecule has 4 nitrogen and oxygen atoms in total. The van der Waals surface area contributed by atoms with Crippen LogP contribution in [0.4, 0.5) is 5.69 Å². The highest BCUT2D eigenvalue weighted by atomic mass is 127. The lowest BCUT2D eigenvalue weighted by Gasteiger charge is -2.04. The third-order valence-electron chi connectivity index (χ3n) is 3.99. The van der Waals surface area contributed by atoms with E-state index < -0.39 is 0 Å². The Morgan fingerprint density at radius 1 is 1.16 bits per heavy atom. The van der Waals surface area contributed by atoms with E-state index in [9.17, 15) is 9.90 Å². The maximum absolute atomic E-state index is 12.3. The van der Waals surface area contributed by atoms with Gasteiger partial charge in [0.1, 0.15) is 0 Å². The standard InChI is InChI=1S/C19H13IN2O2S/c20-14-7-5-12(6-8-14)11-22-18(23)17(25-19(22)24)9-13-10-21-16-4-2-1-3-15(13)16/h1-10,23H,11H2. The van der Waals surface area contributed by atoms with Crippen LogP contribution in [-0.4, -0.2) is 15.9 Å². The molecule has 0 spiro atoms. The fourth-order valence-corrected chi connectivity index (χ4v) is 3.91. The van der Waals surface area contributed by atoms with Gasteiger partial charge in [-0.2, -0.15) is 0 Å². The van der Waals surface area contributed by atoms with Crippen molar-refractivity contribution in [2.45, 2.75) is 6.54 Å². The van der Waals surface area contributed by atoms with Crippen LogP contribution in [0.15, 0.2) is 58.3 Å². The third-order valence-corrected chi connectivity index (χ3v) is 5.63. The van der Waals surface area contributed by atoms with Gasteiger partial charge in [0.25, 0.3) is 0 Å². The summed E-state index contributed by atoms with van der Waals surface area (Å²) >= 11 is 3.28. The molecule has 0 saturated heterocycles. The molecule has 0 atom stereocenters. The maximum atomic E-state index is 12.3. The summed E-state index contributed by atoms with van der Waals surface area (Å²) in [4.78, 5) is 17.0. The predicted molar refractivity (Wildman–Crippen MR) is 111 cm³/mol. The molecular formula is C19H13IN2O2S. The zero-order valence-corrected chi connectivity index (χ0v) is 16.0. The largest absolute Gasteiger partial charge is 0.493 e. The van der Waals surface area contributed by atoms with E-state index in [4.69, 9.17) is 0 Å². The lowest BCUT2D eigenvalue weighted by molar-refractivity contribution is 0.420. The molecule has 2 heterocycles. The summed E-state index contributed by atoms with van der Waals surface area (Å²) in [5.74, 6) is -0.00108. The summed E-state index contributed by atoms with van der Waals surface area (Å²) in [7, 11) is 0. The SMILES string of the molecule is O=c1sc(C=C2C=Nc3ccccc32)c(O)n1Cc1ccc(I)cc1. The van der Waals surface area contributed by atoms with E-state index in [1.54, 1.807) is 6.21 Å². The number of para-hydroxylation sites is 1. The summed E-state index contributed by atoms with van der Waals surface area (Å²) < 4.78 is 2.53. The zero-order valence-electron chi connectivity index (χ0n) is 13.0. The van der Waals surface area contributed by atoms with Crippen molar-refractivity contribution in [1.82, 2.24) is 4.57 Å². The third kappa shape index (κ3) is 3.19. The first-order valence-electron chi connectivity index (χ1n) is 7.64. The molecule has 124 valence electrons. The first kappa shape index (κ1) is 16.3. The number of hydrogen-bond acceptors (Lipinski definition) is 4. The van der Waals surface area contributed by atoms with Crippen molar-refractivity contribution in [2.24, 2.45) is 4.99 Å². The number of benzene rings is 2. The molecule has 25 heavy (non-hydrogen) atoms. The molecule has 1 aliphatic rings. The van der Waals surface area contributed by atoms with Crippen LogP contribution in [0.25, 0.3) is 11.6 Å².